The number of nitrogens with two attached hydrogens (primary N) is 1. The van der Waals surface area contributed by atoms with Gasteiger partial charge in [0.25, 0.3) is 0 Å². The Hall–Kier alpha value is -0.690. The molecule has 4 saturated carbocycles. The number of ether oxygens (including phenoxy) is 1. The molecule has 0 aromatic heterocycles. The topological polar surface area (TPSA) is 105 Å². The van der Waals surface area contributed by atoms with Gasteiger partial charge in [0.15, 0.2) is 0 Å². The Morgan fingerprint density at radius 1 is 0.950 bits per heavy atom. The molecular formula is C34H60N2O4. The van der Waals surface area contributed by atoms with Gasteiger partial charge in [0.1, 0.15) is 0 Å². The van der Waals surface area contributed by atoms with Crippen LogP contribution in [0.2, 0.25) is 0 Å². The maximum Gasteiger partial charge on any atom is 0.220 e. The summed E-state index contributed by atoms with van der Waals surface area (Å²) >= 11 is 0. The lowest BCUT2D eigenvalue weighted by Gasteiger charge is -2.71. The van der Waals surface area contributed by atoms with Gasteiger partial charge in [-0.2, -0.15) is 0 Å². The molecule has 0 unspecified atom stereocenters. The number of nitrogens with one attached hydrogen (secondary N) is 1. The van der Waals surface area contributed by atoms with Crippen LogP contribution < -0.4 is 11.1 Å². The van der Waals surface area contributed by atoms with Crippen molar-refractivity contribution >= 4 is 5.91 Å². The van der Waals surface area contributed by atoms with Gasteiger partial charge in [0.05, 0.1) is 23.4 Å². The van der Waals surface area contributed by atoms with Gasteiger partial charge in [-0.3, -0.25) is 4.79 Å². The van der Waals surface area contributed by atoms with Crippen LogP contribution in [0.3, 0.4) is 0 Å². The lowest BCUT2D eigenvalue weighted by atomic mass is 9.35. The van der Waals surface area contributed by atoms with E-state index in [2.05, 4.69) is 46.9 Å². The first-order valence-electron chi connectivity index (χ1n) is 16.5. The third-order valence-electron chi connectivity index (χ3n) is 14.3. The first-order chi connectivity index (χ1) is 18.4. The van der Waals surface area contributed by atoms with Crippen molar-refractivity contribution in [1.29, 1.82) is 0 Å². The molecular weight excluding hydrogens is 500 g/mol. The molecule has 5 fully saturated rings. The van der Waals surface area contributed by atoms with Gasteiger partial charge in [-0.05, 0) is 137 Å². The Morgan fingerprint density at radius 2 is 1.62 bits per heavy atom. The second-order valence-corrected chi connectivity index (χ2v) is 16.9. The second-order valence-electron chi connectivity index (χ2n) is 16.9. The molecule has 6 heteroatoms. The first kappa shape index (κ1) is 30.8. The molecule has 11 atom stereocenters. The second kappa shape index (κ2) is 9.92. The highest BCUT2D eigenvalue weighted by molar-refractivity contribution is 5.76. The smallest absolute Gasteiger partial charge is 0.220 e. The number of carbonyl (C=O) groups excluding carboxylic acids is 1. The van der Waals surface area contributed by atoms with Crippen LogP contribution >= 0.6 is 0 Å². The van der Waals surface area contributed by atoms with E-state index in [1.165, 1.54) is 12.8 Å². The summed E-state index contributed by atoms with van der Waals surface area (Å²) in [6, 6.07) is 0.191. The SMILES string of the molecule is CC(C)(O)[C@H]1CC[C@@](C)([C@H]2CC[C@]3(C)[C@@H]2[C@H](O)C[C@@H]2[C@@]4(C)CC[C@H](NC(=O)CCCN)C(C)(C)[C@@H]4CC[C@]23C)O1. The van der Waals surface area contributed by atoms with Crippen molar-refractivity contribution in [1.82, 2.24) is 5.32 Å². The lowest BCUT2D eigenvalue weighted by molar-refractivity contribution is -0.240. The van der Waals surface area contributed by atoms with Crippen LogP contribution in [0.5, 0.6) is 0 Å². The first-order valence-corrected chi connectivity index (χ1v) is 16.5. The number of hydrogen-bond acceptors (Lipinski definition) is 5. The van der Waals surface area contributed by atoms with Crippen molar-refractivity contribution in [2.45, 2.75) is 155 Å². The number of aliphatic hydroxyl groups is 2. The van der Waals surface area contributed by atoms with E-state index >= 15 is 0 Å². The van der Waals surface area contributed by atoms with Crippen LogP contribution in [0, 0.1) is 45.3 Å². The molecule has 40 heavy (non-hydrogen) atoms. The third kappa shape index (κ3) is 4.44. The molecule has 1 heterocycles. The minimum atomic E-state index is -0.843. The van der Waals surface area contributed by atoms with Crippen LogP contribution in [0.15, 0.2) is 0 Å². The number of carbonyl (C=O) groups is 1. The molecule has 6 nitrogen and oxygen atoms in total. The Bertz CT molecular complexity index is 977. The molecule has 1 aliphatic heterocycles. The molecule has 0 spiro atoms. The summed E-state index contributed by atoms with van der Waals surface area (Å²) in [5, 5.41) is 26.2. The molecule has 0 radical (unpaired) electrons. The summed E-state index contributed by atoms with van der Waals surface area (Å²) in [6.07, 6.45) is 10.2. The van der Waals surface area contributed by atoms with E-state index in [1.54, 1.807) is 0 Å². The van der Waals surface area contributed by atoms with Crippen molar-refractivity contribution in [3.63, 3.8) is 0 Å². The average molecular weight is 561 g/mol. The standard InChI is InChI=1S/C34H60N2O4/c1-29(2)23-12-17-32(6)24(31(23,5)15-13-25(29)36-27(38)10-9-19-35)20-22(37)28-21(11-16-33(28,32)7)34(8)18-14-26(40-34)30(3,4)39/h21-26,28,37,39H,9-20,35H2,1-8H3,(H,36,38)/t21-,22+,23-,24+,25-,26+,28-,31-,32+,33+,34-/m0/s1. The molecule has 0 aromatic rings. The van der Waals surface area contributed by atoms with Crippen molar-refractivity contribution in [2.75, 3.05) is 6.54 Å². The Kier molecular flexibility index (Phi) is 7.63. The Balaban J connectivity index is 1.40. The molecule has 0 aromatic carbocycles. The van der Waals surface area contributed by atoms with E-state index in [9.17, 15) is 15.0 Å². The summed E-state index contributed by atoms with van der Waals surface area (Å²) in [5.41, 5.74) is 4.89. The van der Waals surface area contributed by atoms with Gasteiger partial charge in [0.2, 0.25) is 5.91 Å². The molecule has 5 aliphatic rings. The third-order valence-corrected chi connectivity index (χ3v) is 14.3. The van der Waals surface area contributed by atoms with Crippen molar-refractivity contribution in [3.05, 3.63) is 0 Å². The number of hydrogen-bond donors (Lipinski definition) is 4. The number of fused-ring (bicyclic) bond motifs is 5. The molecule has 5 rings (SSSR count). The predicted molar refractivity (Wildman–Crippen MR) is 159 cm³/mol. The van der Waals surface area contributed by atoms with Crippen LogP contribution in [-0.4, -0.2) is 52.1 Å². The fourth-order valence-electron chi connectivity index (χ4n) is 11.9. The minimum absolute atomic E-state index is 0.00486. The molecule has 1 amide bonds. The normalized spacial score (nSPS) is 50.1. The van der Waals surface area contributed by atoms with E-state index in [-0.39, 0.29) is 57.3 Å². The highest BCUT2D eigenvalue weighted by Gasteiger charge is 2.72. The zero-order valence-corrected chi connectivity index (χ0v) is 26.8. The van der Waals surface area contributed by atoms with Gasteiger partial charge in [0, 0.05) is 12.5 Å². The zero-order chi connectivity index (χ0) is 29.5. The number of amides is 1. The predicted octanol–water partition coefficient (Wildman–Crippen LogP) is 5.57. The molecule has 0 bridgehead atoms. The quantitative estimate of drug-likeness (QED) is 0.340. The van der Waals surface area contributed by atoms with Gasteiger partial charge in [-0.25, -0.2) is 0 Å². The van der Waals surface area contributed by atoms with Gasteiger partial charge >= 0.3 is 0 Å². The van der Waals surface area contributed by atoms with Crippen LogP contribution in [-0.2, 0) is 9.53 Å². The zero-order valence-electron chi connectivity index (χ0n) is 26.8. The lowest BCUT2D eigenvalue weighted by Crippen LogP contribution is -2.67. The summed E-state index contributed by atoms with van der Waals surface area (Å²) in [5.74, 6) is 1.66. The van der Waals surface area contributed by atoms with E-state index in [4.69, 9.17) is 10.5 Å². The molecule has 4 aliphatic carbocycles. The van der Waals surface area contributed by atoms with E-state index < -0.39 is 5.60 Å². The average Bonchev–Trinajstić information content (AvgIpc) is 3.44. The highest BCUT2D eigenvalue weighted by Crippen LogP contribution is 2.76. The molecule has 1 saturated heterocycles. The number of rotatable bonds is 6. The fraction of sp³-hybridized carbons (Fsp3) is 0.971. The Labute approximate surface area is 244 Å². The van der Waals surface area contributed by atoms with Gasteiger partial charge in [-0.1, -0.05) is 34.6 Å². The largest absolute Gasteiger partial charge is 0.393 e. The highest BCUT2D eigenvalue weighted by atomic mass is 16.5. The maximum absolute atomic E-state index is 12.7. The summed E-state index contributed by atoms with van der Waals surface area (Å²) in [6.45, 7) is 18.9. The van der Waals surface area contributed by atoms with Crippen molar-refractivity contribution in [2.24, 2.45) is 51.1 Å². The molecule has 5 N–H and O–H groups in total. The fourth-order valence-corrected chi connectivity index (χ4v) is 11.9. The summed E-state index contributed by atoms with van der Waals surface area (Å²) in [4.78, 5) is 12.7. The van der Waals surface area contributed by atoms with E-state index in [0.717, 1.165) is 51.4 Å². The molecule has 230 valence electrons. The van der Waals surface area contributed by atoms with E-state index in [0.29, 0.717) is 30.7 Å². The van der Waals surface area contributed by atoms with Crippen LogP contribution in [0.25, 0.3) is 0 Å². The van der Waals surface area contributed by atoms with Crippen molar-refractivity contribution < 1.29 is 19.7 Å². The minimum Gasteiger partial charge on any atom is -0.393 e. The van der Waals surface area contributed by atoms with Crippen LogP contribution in [0.4, 0.5) is 0 Å². The monoisotopic (exact) mass is 560 g/mol. The van der Waals surface area contributed by atoms with Crippen LogP contribution in [0.1, 0.15) is 126 Å². The van der Waals surface area contributed by atoms with E-state index in [1.807, 2.05) is 13.8 Å². The van der Waals surface area contributed by atoms with Gasteiger partial charge < -0.3 is 26.0 Å². The van der Waals surface area contributed by atoms with Gasteiger partial charge in [-0.15, -0.1) is 0 Å². The summed E-state index contributed by atoms with van der Waals surface area (Å²) < 4.78 is 6.71. The van der Waals surface area contributed by atoms with Crippen molar-refractivity contribution in [3.8, 4) is 0 Å². The Morgan fingerprint density at radius 3 is 2.25 bits per heavy atom. The maximum atomic E-state index is 12.7. The summed E-state index contributed by atoms with van der Waals surface area (Å²) in [7, 11) is 0. The number of aliphatic hydroxyl groups excluding tert-OH is 1.